The van der Waals surface area contributed by atoms with Gasteiger partial charge in [0.05, 0.1) is 0 Å². The number of nitrogens with zero attached hydrogens (tertiary/aromatic N) is 4. The maximum Gasteiger partial charge on any atom is 0.227 e. The summed E-state index contributed by atoms with van der Waals surface area (Å²) in [4.78, 5) is 16.5. The van der Waals surface area contributed by atoms with Crippen LogP contribution in [0.3, 0.4) is 0 Å². The Kier molecular flexibility index (Phi) is 4.08. The fraction of sp³-hybridized carbons (Fsp3) is 0.417. The van der Waals surface area contributed by atoms with Gasteiger partial charge in [-0.3, -0.25) is 4.79 Å². The summed E-state index contributed by atoms with van der Waals surface area (Å²) < 4.78 is 1.15. The standard InChI is InChI=1S/C12H13IN4O/c1-8-2-3-10(5-11(8)13)17-7-9(4-12(17)18)6-15-16-14/h2-3,5,9H,4,6-7H2,1H3. The Morgan fingerprint density at radius 2 is 2.39 bits per heavy atom. The van der Waals surface area contributed by atoms with Gasteiger partial charge in [0.2, 0.25) is 5.91 Å². The number of amides is 1. The quantitative estimate of drug-likeness (QED) is 0.355. The second-order valence-electron chi connectivity index (χ2n) is 4.42. The molecular formula is C12H13IN4O. The first-order chi connectivity index (χ1) is 8.61. The summed E-state index contributed by atoms with van der Waals surface area (Å²) in [6.07, 6.45) is 0.462. The zero-order valence-corrected chi connectivity index (χ0v) is 12.2. The zero-order valence-electron chi connectivity index (χ0n) is 10.0. The number of rotatable bonds is 3. The predicted molar refractivity (Wildman–Crippen MR) is 78.4 cm³/mol. The van der Waals surface area contributed by atoms with Crippen molar-refractivity contribution in [3.8, 4) is 0 Å². The van der Waals surface area contributed by atoms with Gasteiger partial charge >= 0.3 is 0 Å². The smallest absolute Gasteiger partial charge is 0.227 e. The van der Waals surface area contributed by atoms with E-state index >= 15 is 0 Å². The van der Waals surface area contributed by atoms with E-state index in [0.717, 1.165) is 9.26 Å². The third-order valence-electron chi connectivity index (χ3n) is 3.08. The van der Waals surface area contributed by atoms with Crippen LogP contribution in [-0.4, -0.2) is 19.0 Å². The molecule has 1 aliphatic heterocycles. The molecule has 2 rings (SSSR count). The van der Waals surface area contributed by atoms with Crippen molar-refractivity contribution in [3.05, 3.63) is 37.8 Å². The fourth-order valence-corrected chi connectivity index (χ4v) is 2.55. The van der Waals surface area contributed by atoms with E-state index in [0.29, 0.717) is 19.5 Å². The van der Waals surface area contributed by atoms with E-state index in [-0.39, 0.29) is 11.8 Å². The molecule has 1 aliphatic rings. The molecule has 94 valence electrons. The summed E-state index contributed by atoms with van der Waals surface area (Å²) in [5.74, 6) is 0.236. The van der Waals surface area contributed by atoms with Gasteiger partial charge < -0.3 is 4.90 Å². The van der Waals surface area contributed by atoms with Crippen LogP contribution >= 0.6 is 22.6 Å². The fourth-order valence-electron chi connectivity index (χ4n) is 2.06. The minimum atomic E-state index is 0.104. The molecule has 1 unspecified atom stereocenters. The largest absolute Gasteiger partial charge is 0.312 e. The molecule has 1 amide bonds. The lowest BCUT2D eigenvalue weighted by molar-refractivity contribution is -0.117. The zero-order chi connectivity index (χ0) is 13.1. The molecule has 5 nitrogen and oxygen atoms in total. The average Bonchev–Trinajstić information content (AvgIpc) is 2.71. The Labute approximate surface area is 119 Å². The van der Waals surface area contributed by atoms with Gasteiger partial charge in [0.25, 0.3) is 0 Å². The van der Waals surface area contributed by atoms with Gasteiger partial charge in [0.1, 0.15) is 0 Å². The lowest BCUT2D eigenvalue weighted by atomic mass is 10.1. The topological polar surface area (TPSA) is 69.1 Å². The number of benzene rings is 1. The van der Waals surface area contributed by atoms with Gasteiger partial charge in [-0.1, -0.05) is 11.2 Å². The number of aryl methyl sites for hydroxylation is 1. The lowest BCUT2D eigenvalue weighted by Gasteiger charge is -2.17. The summed E-state index contributed by atoms with van der Waals surface area (Å²) in [5, 5.41) is 3.55. The van der Waals surface area contributed by atoms with E-state index in [2.05, 4.69) is 32.6 Å². The maximum atomic E-state index is 11.9. The Morgan fingerprint density at radius 3 is 3.06 bits per heavy atom. The van der Waals surface area contributed by atoms with Gasteiger partial charge in [-0.05, 0) is 58.7 Å². The van der Waals surface area contributed by atoms with Crippen molar-refractivity contribution < 1.29 is 4.79 Å². The van der Waals surface area contributed by atoms with E-state index in [1.165, 1.54) is 5.56 Å². The molecule has 1 atom stereocenters. The summed E-state index contributed by atoms with van der Waals surface area (Å²) in [7, 11) is 0. The minimum absolute atomic E-state index is 0.104. The summed E-state index contributed by atoms with van der Waals surface area (Å²) in [5.41, 5.74) is 10.4. The van der Waals surface area contributed by atoms with Crippen molar-refractivity contribution in [2.24, 2.45) is 11.0 Å². The predicted octanol–water partition coefficient (Wildman–Crippen LogP) is 3.26. The Morgan fingerprint density at radius 1 is 1.61 bits per heavy atom. The summed E-state index contributed by atoms with van der Waals surface area (Å²) in [6, 6.07) is 6.00. The van der Waals surface area contributed by atoms with E-state index in [9.17, 15) is 4.79 Å². The molecule has 0 spiro atoms. The van der Waals surface area contributed by atoms with Crippen LogP contribution in [0.5, 0.6) is 0 Å². The van der Waals surface area contributed by atoms with Gasteiger partial charge in [0.15, 0.2) is 0 Å². The molecule has 0 radical (unpaired) electrons. The summed E-state index contributed by atoms with van der Waals surface area (Å²) in [6.45, 7) is 3.07. The van der Waals surface area contributed by atoms with E-state index in [1.807, 2.05) is 25.1 Å². The minimum Gasteiger partial charge on any atom is -0.312 e. The number of hydrogen-bond donors (Lipinski definition) is 0. The highest BCUT2D eigenvalue weighted by atomic mass is 127. The van der Waals surface area contributed by atoms with Gasteiger partial charge in [-0.15, -0.1) is 0 Å². The molecule has 18 heavy (non-hydrogen) atoms. The van der Waals surface area contributed by atoms with Crippen molar-refractivity contribution >= 4 is 34.2 Å². The Bertz CT molecular complexity index is 525. The van der Waals surface area contributed by atoms with Crippen molar-refractivity contribution in [1.82, 2.24) is 0 Å². The second kappa shape index (κ2) is 5.58. The molecule has 0 aliphatic carbocycles. The number of carbonyl (C=O) groups is 1. The van der Waals surface area contributed by atoms with Crippen LogP contribution in [-0.2, 0) is 4.79 Å². The van der Waals surface area contributed by atoms with Crippen molar-refractivity contribution in [2.45, 2.75) is 13.3 Å². The van der Waals surface area contributed by atoms with Crippen LogP contribution in [0.4, 0.5) is 5.69 Å². The molecule has 6 heteroatoms. The molecule has 1 saturated heterocycles. The van der Waals surface area contributed by atoms with E-state index in [1.54, 1.807) is 4.90 Å². The van der Waals surface area contributed by atoms with Crippen LogP contribution in [0.2, 0.25) is 0 Å². The van der Waals surface area contributed by atoms with Crippen LogP contribution in [0.1, 0.15) is 12.0 Å². The maximum absolute atomic E-state index is 11.9. The number of carbonyl (C=O) groups excluding carboxylic acids is 1. The Hall–Kier alpha value is -1.27. The highest BCUT2D eigenvalue weighted by molar-refractivity contribution is 14.1. The number of hydrogen-bond acceptors (Lipinski definition) is 2. The van der Waals surface area contributed by atoms with Crippen LogP contribution in [0.25, 0.3) is 10.4 Å². The van der Waals surface area contributed by atoms with Crippen molar-refractivity contribution in [2.75, 3.05) is 18.0 Å². The number of halogens is 1. The van der Waals surface area contributed by atoms with E-state index < -0.39 is 0 Å². The van der Waals surface area contributed by atoms with Gasteiger partial charge in [0, 0.05) is 33.7 Å². The lowest BCUT2D eigenvalue weighted by Crippen LogP contribution is -2.24. The number of azide groups is 1. The molecule has 0 aromatic heterocycles. The normalized spacial score (nSPS) is 18.9. The van der Waals surface area contributed by atoms with Gasteiger partial charge in [-0.2, -0.15) is 0 Å². The number of anilines is 1. The summed E-state index contributed by atoms with van der Waals surface area (Å²) >= 11 is 2.27. The van der Waals surface area contributed by atoms with Crippen LogP contribution in [0, 0.1) is 16.4 Å². The third kappa shape index (κ3) is 2.76. The van der Waals surface area contributed by atoms with Gasteiger partial charge in [-0.25, -0.2) is 0 Å². The second-order valence-corrected chi connectivity index (χ2v) is 5.58. The molecule has 1 heterocycles. The third-order valence-corrected chi connectivity index (χ3v) is 4.24. The van der Waals surface area contributed by atoms with Crippen LogP contribution < -0.4 is 4.90 Å². The molecule has 0 saturated carbocycles. The Balaban J connectivity index is 2.16. The molecule has 0 N–H and O–H groups in total. The van der Waals surface area contributed by atoms with Crippen molar-refractivity contribution in [3.63, 3.8) is 0 Å². The molecule has 0 bridgehead atoms. The first-order valence-corrected chi connectivity index (χ1v) is 6.77. The van der Waals surface area contributed by atoms with E-state index in [4.69, 9.17) is 5.53 Å². The van der Waals surface area contributed by atoms with Crippen molar-refractivity contribution in [1.29, 1.82) is 0 Å². The first-order valence-electron chi connectivity index (χ1n) is 5.69. The van der Waals surface area contributed by atoms with Crippen LogP contribution in [0.15, 0.2) is 23.3 Å². The molecule has 1 aromatic carbocycles. The monoisotopic (exact) mass is 356 g/mol. The highest BCUT2D eigenvalue weighted by Gasteiger charge is 2.30. The molecule has 1 aromatic rings. The first kappa shape index (κ1) is 13.2. The SMILES string of the molecule is Cc1ccc(N2CC(CN=[N+]=[N-])CC2=O)cc1I. The molecule has 1 fully saturated rings. The molecular weight excluding hydrogens is 343 g/mol. The average molecular weight is 356 g/mol. The highest BCUT2D eigenvalue weighted by Crippen LogP contribution is 2.27.